The predicted octanol–water partition coefficient (Wildman–Crippen LogP) is 2.97. The molecule has 0 aliphatic carbocycles. The summed E-state index contributed by atoms with van der Waals surface area (Å²) in [5.41, 5.74) is 2.97. The van der Waals surface area contributed by atoms with Gasteiger partial charge >= 0.3 is 0 Å². The topological polar surface area (TPSA) is 93.2 Å². The molecule has 0 aliphatic rings. The summed E-state index contributed by atoms with van der Waals surface area (Å²) >= 11 is 1.14. The van der Waals surface area contributed by atoms with Crippen LogP contribution in [0.2, 0.25) is 0 Å². The van der Waals surface area contributed by atoms with Gasteiger partial charge in [0.05, 0.1) is 0 Å². The summed E-state index contributed by atoms with van der Waals surface area (Å²) in [5, 5.41) is 14.2. The van der Waals surface area contributed by atoms with Crippen molar-refractivity contribution in [1.82, 2.24) is 15.5 Å². The Balaban J connectivity index is 1.37. The van der Waals surface area contributed by atoms with Crippen molar-refractivity contribution in [3.05, 3.63) is 75.7 Å². The first kappa shape index (κ1) is 20.6. The highest BCUT2D eigenvalue weighted by Crippen LogP contribution is 2.14. The number of nitrogens with one attached hydrogen (secondary N) is 2. The number of nitrogens with zero attached hydrogens (tertiary/aromatic N) is 2. The van der Waals surface area contributed by atoms with Crippen LogP contribution in [0.25, 0.3) is 0 Å². The van der Waals surface area contributed by atoms with E-state index < -0.39 is 0 Å². The molecular weight excluding hydrogens is 388 g/mol. The lowest BCUT2D eigenvalue weighted by Crippen LogP contribution is -2.29. The molecule has 0 bridgehead atoms. The maximum Gasteiger partial charge on any atom is 0.286 e. The van der Waals surface area contributed by atoms with E-state index >= 15 is 0 Å². The van der Waals surface area contributed by atoms with Crippen LogP contribution in [0.15, 0.2) is 54.6 Å². The third-order valence-corrected chi connectivity index (χ3v) is 4.90. The minimum absolute atomic E-state index is 0.0702. The second-order valence-corrected chi connectivity index (χ2v) is 7.46. The summed E-state index contributed by atoms with van der Waals surface area (Å²) in [7, 11) is 0. The molecule has 2 amide bonds. The number of aryl methyl sites for hydroxylation is 1. The van der Waals surface area contributed by atoms with Crippen molar-refractivity contribution in [2.24, 2.45) is 0 Å². The number of hydrogen-bond acceptors (Lipinski definition) is 6. The lowest BCUT2D eigenvalue weighted by Gasteiger charge is -2.05. The number of anilines is 1. The summed E-state index contributed by atoms with van der Waals surface area (Å²) in [6.07, 6.45) is 0.766. The van der Waals surface area contributed by atoms with E-state index in [4.69, 9.17) is 4.74 Å². The van der Waals surface area contributed by atoms with E-state index in [-0.39, 0.29) is 30.0 Å². The Hall–Kier alpha value is -3.10. The quantitative estimate of drug-likeness (QED) is 0.566. The van der Waals surface area contributed by atoms with Gasteiger partial charge in [-0.15, -0.1) is 10.2 Å². The molecule has 0 saturated carbocycles. The Labute approximate surface area is 173 Å². The first-order valence-corrected chi connectivity index (χ1v) is 10.0. The molecule has 0 radical (unpaired) electrons. The lowest BCUT2D eigenvalue weighted by molar-refractivity contribution is -0.126. The molecule has 0 spiro atoms. The van der Waals surface area contributed by atoms with Crippen molar-refractivity contribution in [2.45, 2.75) is 20.0 Å². The summed E-state index contributed by atoms with van der Waals surface area (Å²) in [6, 6.07) is 17.4. The van der Waals surface area contributed by atoms with Crippen LogP contribution in [-0.4, -0.2) is 35.2 Å². The first-order chi connectivity index (χ1) is 14.1. The zero-order valence-corrected chi connectivity index (χ0v) is 16.9. The zero-order chi connectivity index (χ0) is 20.5. The van der Waals surface area contributed by atoms with Crippen molar-refractivity contribution >= 4 is 28.8 Å². The third-order valence-electron chi connectivity index (χ3n) is 4.01. The average Bonchev–Trinajstić information content (AvgIpc) is 3.20. The van der Waals surface area contributed by atoms with Gasteiger partial charge in [0, 0.05) is 12.2 Å². The minimum atomic E-state index is -0.323. The molecule has 7 nitrogen and oxygen atoms in total. The van der Waals surface area contributed by atoms with Crippen LogP contribution in [-0.2, 0) is 22.6 Å². The number of carbonyl (C=O) groups is 2. The van der Waals surface area contributed by atoms with E-state index in [9.17, 15) is 9.59 Å². The van der Waals surface area contributed by atoms with Crippen LogP contribution in [0.5, 0.6) is 0 Å². The van der Waals surface area contributed by atoms with Gasteiger partial charge in [-0.1, -0.05) is 59.4 Å². The fraction of sp³-hybridized carbons (Fsp3) is 0.238. The number of hydrogen-bond donors (Lipinski definition) is 2. The van der Waals surface area contributed by atoms with Crippen molar-refractivity contribution in [1.29, 1.82) is 0 Å². The molecule has 2 N–H and O–H groups in total. The number of aromatic nitrogens is 2. The van der Waals surface area contributed by atoms with Gasteiger partial charge in [0.15, 0.2) is 0 Å². The molecule has 0 atom stereocenters. The van der Waals surface area contributed by atoms with Crippen LogP contribution in [0.1, 0.15) is 25.9 Å². The fourth-order valence-electron chi connectivity index (χ4n) is 2.50. The second kappa shape index (κ2) is 10.4. The lowest BCUT2D eigenvalue weighted by atomic mass is 10.1. The number of benzene rings is 2. The van der Waals surface area contributed by atoms with E-state index in [0.29, 0.717) is 17.2 Å². The number of ether oxygens (including phenoxy) is 1. The molecule has 3 rings (SSSR count). The van der Waals surface area contributed by atoms with Gasteiger partial charge in [0.25, 0.3) is 5.91 Å². The Kier molecular flexibility index (Phi) is 7.43. The van der Waals surface area contributed by atoms with Gasteiger partial charge in [-0.05, 0) is 31.0 Å². The molecule has 1 aromatic heterocycles. The summed E-state index contributed by atoms with van der Waals surface area (Å²) in [4.78, 5) is 24.1. The van der Waals surface area contributed by atoms with Crippen LogP contribution in [0.3, 0.4) is 0 Å². The maximum absolute atomic E-state index is 12.2. The molecule has 3 aromatic rings. The third kappa shape index (κ3) is 6.78. The van der Waals surface area contributed by atoms with Crippen molar-refractivity contribution in [3.8, 4) is 0 Å². The molecule has 0 unspecified atom stereocenters. The highest BCUT2D eigenvalue weighted by atomic mass is 32.1. The summed E-state index contributed by atoms with van der Waals surface area (Å²) < 4.78 is 5.37. The molecule has 2 aromatic carbocycles. The zero-order valence-electron chi connectivity index (χ0n) is 16.1. The van der Waals surface area contributed by atoms with Crippen LogP contribution >= 0.6 is 11.3 Å². The van der Waals surface area contributed by atoms with Gasteiger partial charge in [-0.2, -0.15) is 0 Å². The minimum Gasteiger partial charge on any atom is -0.364 e. The Bertz CT molecular complexity index is 942. The molecule has 150 valence electrons. The smallest absolute Gasteiger partial charge is 0.286 e. The molecule has 0 fully saturated rings. The Morgan fingerprint density at radius 2 is 1.79 bits per heavy atom. The molecule has 0 aliphatic heterocycles. The molecule has 29 heavy (non-hydrogen) atoms. The van der Waals surface area contributed by atoms with Crippen molar-refractivity contribution in [3.63, 3.8) is 0 Å². The van der Waals surface area contributed by atoms with Gasteiger partial charge < -0.3 is 15.4 Å². The van der Waals surface area contributed by atoms with Crippen LogP contribution in [0, 0.1) is 6.92 Å². The number of rotatable bonds is 9. The number of amides is 2. The SMILES string of the molecule is Cc1ccc(NC(=O)c2nnc(COCC(=O)NCCc3ccccc3)s2)cc1. The maximum atomic E-state index is 12.2. The normalized spacial score (nSPS) is 10.5. The van der Waals surface area contributed by atoms with E-state index in [1.54, 1.807) is 0 Å². The standard InChI is InChI=1S/C21H22N4O3S/c1-15-7-9-17(10-8-15)23-20(27)21-25-24-19(29-21)14-28-13-18(26)22-12-11-16-5-3-2-4-6-16/h2-10H,11-14H2,1H3,(H,22,26)(H,23,27). The van der Waals surface area contributed by atoms with E-state index in [1.165, 1.54) is 5.56 Å². The van der Waals surface area contributed by atoms with Gasteiger partial charge in [0.2, 0.25) is 10.9 Å². The Morgan fingerprint density at radius 1 is 1.03 bits per heavy atom. The van der Waals surface area contributed by atoms with E-state index in [0.717, 1.165) is 23.3 Å². The molecular formula is C21H22N4O3S. The van der Waals surface area contributed by atoms with Gasteiger partial charge in [0.1, 0.15) is 18.2 Å². The monoisotopic (exact) mass is 410 g/mol. The second-order valence-electron chi connectivity index (χ2n) is 6.40. The van der Waals surface area contributed by atoms with Crippen molar-refractivity contribution in [2.75, 3.05) is 18.5 Å². The van der Waals surface area contributed by atoms with Crippen LogP contribution < -0.4 is 10.6 Å². The Morgan fingerprint density at radius 3 is 2.55 bits per heavy atom. The highest BCUT2D eigenvalue weighted by Gasteiger charge is 2.13. The molecule has 0 saturated heterocycles. The molecule has 1 heterocycles. The largest absolute Gasteiger partial charge is 0.364 e. The van der Waals surface area contributed by atoms with Crippen LogP contribution in [0.4, 0.5) is 5.69 Å². The van der Waals surface area contributed by atoms with E-state index in [2.05, 4.69) is 20.8 Å². The van der Waals surface area contributed by atoms with Gasteiger partial charge in [-0.25, -0.2) is 0 Å². The highest BCUT2D eigenvalue weighted by molar-refractivity contribution is 7.13. The van der Waals surface area contributed by atoms with Gasteiger partial charge in [-0.3, -0.25) is 9.59 Å². The van der Waals surface area contributed by atoms with E-state index in [1.807, 2.05) is 61.5 Å². The number of carbonyl (C=O) groups excluding carboxylic acids is 2. The first-order valence-electron chi connectivity index (χ1n) is 9.19. The van der Waals surface area contributed by atoms with Crippen molar-refractivity contribution < 1.29 is 14.3 Å². The summed E-state index contributed by atoms with van der Waals surface area (Å²) in [6.45, 7) is 2.58. The molecule has 8 heteroatoms. The fourth-order valence-corrected chi connectivity index (χ4v) is 3.17. The summed E-state index contributed by atoms with van der Waals surface area (Å²) in [5.74, 6) is -0.515. The predicted molar refractivity (Wildman–Crippen MR) is 112 cm³/mol. The average molecular weight is 410 g/mol.